The number of imidazole rings is 1. The molecule has 3 aromatic carbocycles. The molecule has 0 aliphatic carbocycles. The van der Waals surface area contributed by atoms with Crippen molar-refractivity contribution in [1.82, 2.24) is 9.55 Å². The molecule has 0 saturated carbocycles. The van der Waals surface area contributed by atoms with E-state index in [4.69, 9.17) is 21.3 Å². The highest BCUT2D eigenvalue weighted by atomic mass is 35.5. The molecule has 0 fully saturated rings. The predicted molar refractivity (Wildman–Crippen MR) is 148 cm³/mol. The average Bonchev–Trinajstić information content (AvgIpc) is 3.49. The van der Waals surface area contributed by atoms with Crippen LogP contribution >= 0.6 is 11.6 Å². The highest BCUT2D eigenvalue weighted by molar-refractivity contribution is 6.31. The molecule has 0 radical (unpaired) electrons. The lowest BCUT2D eigenvalue weighted by molar-refractivity contribution is -0.119. The molecular weight excluding hydrogens is 519 g/mol. The van der Waals surface area contributed by atoms with E-state index in [-0.39, 0.29) is 23.4 Å². The molecule has 6 rings (SSSR count). The SMILES string of the molecule is COc1cc(F)ccc1-c1nc2c(n1C(C)C)C1(C(=O)Nc3cc(Cl)ccc31)N(c1cc(C)ccc1C)C2=O. The molecule has 0 saturated heterocycles. The van der Waals surface area contributed by atoms with Crippen molar-refractivity contribution in [2.24, 2.45) is 0 Å². The van der Waals surface area contributed by atoms with Gasteiger partial charge in [-0.05, 0) is 69.2 Å². The third-order valence-corrected chi connectivity index (χ3v) is 7.70. The minimum absolute atomic E-state index is 0.156. The maximum atomic E-state index is 14.4. The molecule has 1 aromatic heterocycles. The number of methoxy groups -OCH3 is 1. The maximum Gasteiger partial charge on any atom is 0.280 e. The van der Waals surface area contributed by atoms with Gasteiger partial charge in [-0.3, -0.25) is 14.5 Å². The predicted octanol–water partition coefficient (Wildman–Crippen LogP) is 6.41. The summed E-state index contributed by atoms with van der Waals surface area (Å²) in [6.45, 7) is 7.76. The number of anilines is 2. The average molecular weight is 545 g/mol. The summed E-state index contributed by atoms with van der Waals surface area (Å²) in [5.74, 6) is -0.557. The van der Waals surface area contributed by atoms with Gasteiger partial charge in [0.05, 0.1) is 18.4 Å². The number of nitrogens with one attached hydrogen (secondary N) is 1. The van der Waals surface area contributed by atoms with Gasteiger partial charge in [0.1, 0.15) is 17.4 Å². The summed E-state index contributed by atoms with van der Waals surface area (Å²) < 4.78 is 21.5. The van der Waals surface area contributed by atoms with Crippen LogP contribution in [0.15, 0.2) is 54.6 Å². The zero-order valence-electron chi connectivity index (χ0n) is 22.1. The number of rotatable bonds is 4. The first-order chi connectivity index (χ1) is 18.6. The van der Waals surface area contributed by atoms with Crippen molar-refractivity contribution >= 4 is 34.8 Å². The monoisotopic (exact) mass is 544 g/mol. The Morgan fingerprint density at radius 2 is 1.82 bits per heavy atom. The van der Waals surface area contributed by atoms with E-state index in [9.17, 15) is 14.0 Å². The van der Waals surface area contributed by atoms with Crippen molar-refractivity contribution in [3.63, 3.8) is 0 Å². The number of nitrogens with zero attached hydrogens (tertiary/aromatic N) is 3. The third-order valence-electron chi connectivity index (χ3n) is 7.47. The second kappa shape index (κ2) is 8.68. The molecule has 9 heteroatoms. The first kappa shape index (κ1) is 25.1. The number of halogens is 2. The van der Waals surface area contributed by atoms with Crippen molar-refractivity contribution in [3.05, 3.63) is 93.5 Å². The smallest absolute Gasteiger partial charge is 0.280 e. The molecule has 2 aliphatic rings. The van der Waals surface area contributed by atoms with Crippen LogP contribution < -0.4 is 15.0 Å². The van der Waals surface area contributed by atoms with Crippen molar-refractivity contribution in [2.75, 3.05) is 17.3 Å². The number of carbonyl (C=O) groups excluding carboxylic acids is 2. The number of fused-ring (bicyclic) bond motifs is 4. The normalized spacial score (nSPS) is 17.7. The summed E-state index contributed by atoms with van der Waals surface area (Å²) in [7, 11) is 1.45. The zero-order chi connectivity index (χ0) is 27.8. The molecule has 1 spiro atoms. The van der Waals surface area contributed by atoms with Gasteiger partial charge in [0.15, 0.2) is 11.2 Å². The Bertz CT molecular complexity index is 1710. The van der Waals surface area contributed by atoms with Crippen LogP contribution in [-0.4, -0.2) is 28.5 Å². The second-order valence-corrected chi connectivity index (χ2v) is 10.7. The fourth-order valence-corrected chi connectivity index (χ4v) is 5.98. The quantitative estimate of drug-likeness (QED) is 0.322. The Labute approximate surface area is 230 Å². The van der Waals surface area contributed by atoms with Crippen LogP contribution in [0.1, 0.15) is 52.8 Å². The molecule has 4 aromatic rings. The molecular formula is C30H26ClFN4O3. The van der Waals surface area contributed by atoms with Crippen LogP contribution in [0.3, 0.4) is 0 Å². The van der Waals surface area contributed by atoms with E-state index in [0.29, 0.717) is 39.0 Å². The lowest BCUT2D eigenvalue weighted by atomic mass is 9.86. The van der Waals surface area contributed by atoms with E-state index < -0.39 is 17.3 Å². The van der Waals surface area contributed by atoms with Crippen LogP contribution in [0.4, 0.5) is 15.8 Å². The molecule has 2 aliphatic heterocycles. The Hall–Kier alpha value is -4.17. The van der Waals surface area contributed by atoms with Gasteiger partial charge in [0.25, 0.3) is 11.8 Å². The number of hydrogen-bond donors (Lipinski definition) is 1. The number of hydrogen-bond acceptors (Lipinski definition) is 4. The van der Waals surface area contributed by atoms with Crippen molar-refractivity contribution in [1.29, 1.82) is 0 Å². The number of benzene rings is 3. The first-order valence-electron chi connectivity index (χ1n) is 12.6. The van der Waals surface area contributed by atoms with E-state index in [1.165, 1.54) is 19.2 Å². The Morgan fingerprint density at radius 3 is 2.54 bits per heavy atom. The maximum absolute atomic E-state index is 14.4. The summed E-state index contributed by atoms with van der Waals surface area (Å²) in [6, 6.07) is 14.9. The van der Waals surface area contributed by atoms with Crippen LogP contribution in [0.5, 0.6) is 5.75 Å². The number of carbonyl (C=O) groups is 2. The molecule has 2 amide bonds. The van der Waals surface area contributed by atoms with Gasteiger partial charge < -0.3 is 14.6 Å². The molecule has 7 nitrogen and oxygen atoms in total. The standard InChI is InChI=1S/C30H26ClFN4O3/c1-15(2)35-26-25(34-27(35)20-10-9-19(32)14-24(20)39-5)28(37)36(23-12-16(3)6-7-17(23)4)30(26)21-11-8-18(31)13-22(21)33-29(30)38/h6-15H,1-5H3,(H,33,38). The fourth-order valence-electron chi connectivity index (χ4n) is 5.81. The van der Waals surface area contributed by atoms with Crippen molar-refractivity contribution in [3.8, 4) is 17.1 Å². The lowest BCUT2D eigenvalue weighted by Crippen LogP contribution is -2.51. The largest absolute Gasteiger partial charge is 0.496 e. The van der Waals surface area contributed by atoms with Crippen LogP contribution in [-0.2, 0) is 10.3 Å². The van der Waals surface area contributed by atoms with E-state index >= 15 is 0 Å². The highest BCUT2D eigenvalue weighted by Crippen LogP contribution is 2.55. The highest BCUT2D eigenvalue weighted by Gasteiger charge is 2.64. The van der Waals surface area contributed by atoms with Crippen molar-refractivity contribution < 1.29 is 18.7 Å². The van der Waals surface area contributed by atoms with Crippen LogP contribution in [0, 0.1) is 19.7 Å². The van der Waals surface area contributed by atoms with E-state index in [1.54, 1.807) is 29.2 Å². The molecule has 3 heterocycles. The van der Waals surface area contributed by atoms with E-state index in [2.05, 4.69) is 5.32 Å². The topological polar surface area (TPSA) is 76.5 Å². The minimum atomic E-state index is -1.55. The summed E-state index contributed by atoms with van der Waals surface area (Å²) in [5.41, 5.74) is 3.10. The molecule has 1 atom stereocenters. The molecule has 1 unspecified atom stereocenters. The van der Waals surface area contributed by atoms with Gasteiger partial charge in [-0.15, -0.1) is 0 Å². The molecule has 0 bridgehead atoms. The summed E-state index contributed by atoms with van der Waals surface area (Å²) >= 11 is 6.31. The first-order valence-corrected chi connectivity index (χ1v) is 13.0. The zero-order valence-corrected chi connectivity index (χ0v) is 22.9. The number of aromatic nitrogens is 2. The minimum Gasteiger partial charge on any atom is -0.496 e. The summed E-state index contributed by atoms with van der Waals surface area (Å²) in [6.07, 6.45) is 0. The fraction of sp³-hybridized carbons (Fsp3) is 0.233. The van der Waals surface area contributed by atoms with Gasteiger partial charge >= 0.3 is 0 Å². The number of ether oxygens (including phenoxy) is 1. The van der Waals surface area contributed by atoms with Crippen LogP contribution in [0.2, 0.25) is 5.02 Å². The van der Waals surface area contributed by atoms with Gasteiger partial charge in [-0.1, -0.05) is 29.8 Å². The van der Waals surface area contributed by atoms with Gasteiger partial charge in [-0.2, -0.15) is 0 Å². The molecule has 198 valence electrons. The summed E-state index contributed by atoms with van der Waals surface area (Å²) in [4.78, 5) is 35.1. The summed E-state index contributed by atoms with van der Waals surface area (Å²) in [5, 5.41) is 3.44. The molecule has 39 heavy (non-hydrogen) atoms. The van der Waals surface area contributed by atoms with Crippen molar-refractivity contribution in [2.45, 2.75) is 39.3 Å². The Morgan fingerprint density at radius 1 is 1.05 bits per heavy atom. The second-order valence-electron chi connectivity index (χ2n) is 10.2. The van der Waals surface area contributed by atoms with Gasteiger partial charge in [0.2, 0.25) is 0 Å². The number of amides is 2. The Kier molecular flexibility index (Phi) is 5.59. The Balaban J connectivity index is 1.74. The van der Waals surface area contributed by atoms with Crippen LogP contribution in [0.25, 0.3) is 11.4 Å². The van der Waals surface area contributed by atoms with E-state index in [1.807, 2.05) is 50.5 Å². The van der Waals surface area contributed by atoms with Gasteiger partial charge in [0, 0.05) is 34.1 Å². The van der Waals surface area contributed by atoms with E-state index in [0.717, 1.165) is 11.1 Å². The van der Waals surface area contributed by atoms with Gasteiger partial charge in [-0.25, -0.2) is 9.37 Å². The molecule has 1 N–H and O–H groups in total. The third kappa shape index (κ3) is 3.37. The lowest BCUT2D eigenvalue weighted by Gasteiger charge is -2.36. The number of aryl methyl sites for hydroxylation is 2.